The lowest BCUT2D eigenvalue weighted by Crippen LogP contribution is -2.15. The van der Waals surface area contributed by atoms with Gasteiger partial charge in [0.2, 0.25) is 0 Å². The van der Waals surface area contributed by atoms with E-state index in [0.29, 0.717) is 23.0 Å². The van der Waals surface area contributed by atoms with Crippen LogP contribution >= 0.6 is 0 Å². The largest absolute Gasteiger partial charge is 0.281 e. The maximum Gasteiger partial charge on any atom is 0.265 e. The fourth-order valence-electron chi connectivity index (χ4n) is 2.24. The summed E-state index contributed by atoms with van der Waals surface area (Å²) in [5, 5.41) is 6.65. The third-order valence-corrected chi connectivity index (χ3v) is 5.13. The molecule has 0 aliphatic carbocycles. The highest BCUT2D eigenvalue weighted by molar-refractivity contribution is 7.92. The topological polar surface area (TPSA) is 74.8 Å². The zero-order valence-corrected chi connectivity index (χ0v) is 13.8. The summed E-state index contributed by atoms with van der Waals surface area (Å²) in [4.78, 5) is 0.219. The Morgan fingerprint density at radius 1 is 1.19 bits per heavy atom. The number of aromatic nitrogens is 2. The number of nitrogens with zero attached hydrogens (tertiary/aromatic N) is 1. The SMILES string of the molecule is Cc1ccc(C(C)C)cc1NS(=O)(=O)c1c(C)n[nH]c1C. The molecule has 2 N–H and O–H groups in total. The van der Waals surface area contributed by atoms with Gasteiger partial charge in [-0.05, 0) is 43.9 Å². The first-order chi connectivity index (χ1) is 9.72. The Kier molecular flexibility index (Phi) is 4.09. The molecule has 5 nitrogen and oxygen atoms in total. The van der Waals surface area contributed by atoms with E-state index in [2.05, 4.69) is 28.8 Å². The molecular weight excluding hydrogens is 286 g/mol. The van der Waals surface area contributed by atoms with E-state index in [4.69, 9.17) is 0 Å². The van der Waals surface area contributed by atoms with Crippen molar-refractivity contribution in [2.24, 2.45) is 0 Å². The minimum Gasteiger partial charge on any atom is -0.281 e. The van der Waals surface area contributed by atoms with Gasteiger partial charge < -0.3 is 0 Å². The van der Waals surface area contributed by atoms with E-state index in [1.54, 1.807) is 13.8 Å². The molecule has 0 radical (unpaired) electrons. The van der Waals surface area contributed by atoms with Crippen LogP contribution in [0.3, 0.4) is 0 Å². The Morgan fingerprint density at radius 3 is 2.38 bits per heavy atom. The lowest BCUT2D eigenvalue weighted by molar-refractivity contribution is 0.600. The second kappa shape index (κ2) is 5.52. The van der Waals surface area contributed by atoms with Gasteiger partial charge in [0.25, 0.3) is 10.0 Å². The number of benzene rings is 1. The van der Waals surface area contributed by atoms with Crippen LogP contribution in [-0.4, -0.2) is 18.6 Å². The number of sulfonamides is 1. The first-order valence-corrected chi connectivity index (χ1v) is 8.35. The molecule has 0 spiro atoms. The third kappa shape index (κ3) is 3.10. The molecule has 1 aromatic carbocycles. The van der Waals surface area contributed by atoms with Gasteiger partial charge in [0.15, 0.2) is 0 Å². The van der Waals surface area contributed by atoms with Crippen LogP contribution in [0.15, 0.2) is 23.1 Å². The molecule has 114 valence electrons. The molecule has 0 bridgehead atoms. The molecule has 0 aliphatic rings. The van der Waals surface area contributed by atoms with Gasteiger partial charge in [-0.3, -0.25) is 9.82 Å². The minimum atomic E-state index is -3.64. The summed E-state index contributed by atoms with van der Waals surface area (Å²) in [5.41, 5.74) is 3.61. The van der Waals surface area contributed by atoms with Crippen molar-refractivity contribution in [3.63, 3.8) is 0 Å². The van der Waals surface area contributed by atoms with Gasteiger partial charge in [-0.1, -0.05) is 26.0 Å². The average Bonchev–Trinajstić information content (AvgIpc) is 2.71. The number of H-pyrrole nitrogens is 1. The summed E-state index contributed by atoms with van der Waals surface area (Å²) in [6, 6.07) is 5.84. The summed E-state index contributed by atoms with van der Waals surface area (Å²) in [5.74, 6) is 0.339. The highest BCUT2D eigenvalue weighted by Crippen LogP contribution is 2.26. The maximum absolute atomic E-state index is 12.6. The zero-order valence-electron chi connectivity index (χ0n) is 13.0. The van der Waals surface area contributed by atoms with Crippen molar-refractivity contribution < 1.29 is 8.42 Å². The Bertz CT molecular complexity index is 742. The van der Waals surface area contributed by atoms with Gasteiger partial charge in [0.05, 0.1) is 17.1 Å². The van der Waals surface area contributed by atoms with E-state index in [0.717, 1.165) is 11.1 Å². The molecule has 0 saturated heterocycles. The predicted molar refractivity (Wildman–Crippen MR) is 84.1 cm³/mol. The molecule has 0 unspecified atom stereocenters. The van der Waals surface area contributed by atoms with Crippen LogP contribution < -0.4 is 4.72 Å². The number of anilines is 1. The fourth-order valence-corrected chi connectivity index (χ4v) is 3.74. The van der Waals surface area contributed by atoms with Gasteiger partial charge in [0.1, 0.15) is 4.90 Å². The lowest BCUT2D eigenvalue weighted by Gasteiger charge is -2.14. The number of rotatable bonds is 4. The Balaban J connectivity index is 2.44. The zero-order chi connectivity index (χ0) is 15.8. The summed E-state index contributed by atoms with van der Waals surface area (Å²) in [6.45, 7) is 9.42. The van der Waals surface area contributed by atoms with Crippen LogP contribution in [-0.2, 0) is 10.0 Å². The monoisotopic (exact) mass is 307 g/mol. The van der Waals surface area contributed by atoms with Gasteiger partial charge in [-0.25, -0.2) is 8.42 Å². The van der Waals surface area contributed by atoms with E-state index in [1.165, 1.54) is 0 Å². The molecule has 0 atom stereocenters. The summed E-state index contributed by atoms with van der Waals surface area (Å²) < 4.78 is 27.8. The van der Waals surface area contributed by atoms with Crippen LogP contribution in [0.5, 0.6) is 0 Å². The molecule has 1 aromatic heterocycles. The third-order valence-electron chi connectivity index (χ3n) is 3.50. The normalized spacial score (nSPS) is 11.9. The first kappa shape index (κ1) is 15.6. The number of hydrogen-bond donors (Lipinski definition) is 2. The average molecular weight is 307 g/mol. The number of aromatic amines is 1. The van der Waals surface area contributed by atoms with Gasteiger partial charge in [-0.15, -0.1) is 0 Å². The van der Waals surface area contributed by atoms with Gasteiger partial charge in [-0.2, -0.15) is 5.10 Å². The van der Waals surface area contributed by atoms with Crippen LogP contribution in [0.1, 0.15) is 42.3 Å². The molecule has 0 aliphatic heterocycles. The van der Waals surface area contributed by atoms with Crippen LogP contribution in [0.4, 0.5) is 5.69 Å². The quantitative estimate of drug-likeness (QED) is 0.910. The van der Waals surface area contributed by atoms with Crippen LogP contribution in [0.2, 0.25) is 0 Å². The predicted octanol–water partition coefficient (Wildman–Crippen LogP) is 3.26. The molecular formula is C15H21N3O2S. The molecule has 6 heteroatoms. The molecule has 0 saturated carbocycles. The number of aryl methyl sites for hydroxylation is 3. The number of hydrogen-bond acceptors (Lipinski definition) is 3. The molecule has 0 fully saturated rings. The second-order valence-corrected chi connectivity index (χ2v) is 7.22. The van der Waals surface area contributed by atoms with Crippen LogP contribution in [0.25, 0.3) is 0 Å². The van der Waals surface area contributed by atoms with E-state index in [1.807, 2.05) is 25.1 Å². The summed E-state index contributed by atoms with van der Waals surface area (Å²) >= 11 is 0. The van der Waals surface area contributed by atoms with Crippen molar-refractivity contribution in [3.8, 4) is 0 Å². The van der Waals surface area contributed by atoms with E-state index in [9.17, 15) is 8.42 Å². The Morgan fingerprint density at radius 2 is 1.86 bits per heavy atom. The summed E-state index contributed by atoms with van der Waals surface area (Å²) in [6.07, 6.45) is 0. The standard InChI is InChI=1S/C15H21N3O2S/c1-9(2)13-7-6-10(3)14(8-13)18-21(19,20)15-11(4)16-17-12(15)5/h6-9,18H,1-5H3,(H,16,17). The maximum atomic E-state index is 12.6. The molecule has 2 rings (SSSR count). The van der Waals surface area contributed by atoms with Crippen molar-refractivity contribution in [2.75, 3.05) is 4.72 Å². The van der Waals surface area contributed by atoms with Crippen molar-refractivity contribution in [2.45, 2.75) is 45.4 Å². The molecule has 2 aromatic rings. The van der Waals surface area contributed by atoms with E-state index >= 15 is 0 Å². The highest BCUT2D eigenvalue weighted by Gasteiger charge is 2.23. The fraction of sp³-hybridized carbons (Fsp3) is 0.400. The van der Waals surface area contributed by atoms with Crippen LogP contribution in [0, 0.1) is 20.8 Å². The Hall–Kier alpha value is -1.82. The molecule has 21 heavy (non-hydrogen) atoms. The highest BCUT2D eigenvalue weighted by atomic mass is 32.2. The van der Waals surface area contributed by atoms with Crippen molar-refractivity contribution in [1.29, 1.82) is 0 Å². The van der Waals surface area contributed by atoms with Crippen molar-refractivity contribution in [1.82, 2.24) is 10.2 Å². The second-order valence-electron chi connectivity index (χ2n) is 5.60. The Labute approximate surface area is 125 Å². The molecule has 1 heterocycles. The van der Waals surface area contributed by atoms with Crippen molar-refractivity contribution >= 4 is 15.7 Å². The minimum absolute atomic E-state index is 0.219. The lowest BCUT2D eigenvalue weighted by atomic mass is 10.0. The summed E-state index contributed by atoms with van der Waals surface area (Å²) in [7, 11) is -3.64. The van der Waals surface area contributed by atoms with Gasteiger partial charge in [0, 0.05) is 0 Å². The van der Waals surface area contributed by atoms with Gasteiger partial charge >= 0.3 is 0 Å². The molecule has 0 amide bonds. The van der Waals surface area contributed by atoms with E-state index in [-0.39, 0.29) is 4.90 Å². The van der Waals surface area contributed by atoms with E-state index < -0.39 is 10.0 Å². The first-order valence-electron chi connectivity index (χ1n) is 6.87. The van der Waals surface area contributed by atoms with Crippen molar-refractivity contribution in [3.05, 3.63) is 40.7 Å². The number of nitrogens with one attached hydrogen (secondary N) is 2. The smallest absolute Gasteiger partial charge is 0.265 e.